The quantitative estimate of drug-likeness (QED) is 0.627. The molecule has 1 atom stereocenters. The maximum absolute atomic E-state index is 6.06. The molecule has 0 radical (unpaired) electrons. The standard InChI is InChI=1S/C18H17ClN4S/c1-9-11(3)24-18-15(9)16(13-5-7-14(19)8-6-13)20-10(2)17-22-21-12(4)23(17)18/h5-8,10H,1-4H3/t10-/m0/s1. The Bertz CT molecular complexity index is 966. The van der Waals surface area contributed by atoms with E-state index < -0.39 is 0 Å². The highest BCUT2D eigenvalue weighted by molar-refractivity contribution is 7.15. The first-order chi connectivity index (χ1) is 11.5. The van der Waals surface area contributed by atoms with E-state index in [2.05, 4.69) is 35.5 Å². The van der Waals surface area contributed by atoms with Crippen molar-refractivity contribution in [3.05, 3.63) is 62.5 Å². The Labute approximate surface area is 149 Å². The predicted octanol–water partition coefficient (Wildman–Crippen LogP) is 4.82. The summed E-state index contributed by atoms with van der Waals surface area (Å²) in [7, 11) is 0. The molecule has 0 N–H and O–H groups in total. The van der Waals surface area contributed by atoms with Gasteiger partial charge in [0, 0.05) is 21.0 Å². The van der Waals surface area contributed by atoms with Crippen LogP contribution < -0.4 is 0 Å². The summed E-state index contributed by atoms with van der Waals surface area (Å²) < 4.78 is 2.15. The van der Waals surface area contributed by atoms with Crippen LogP contribution in [0.4, 0.5) is 0 Å². The van der Waals surface area contributed by atoms with Crippen molar-refractivity contribution in [1.29, 1.82) is 0 Å². The highest BCUT2D eigenvalue weighted by Crippen LogP contribution is 2.38. The second kappa shape index (κ2) is 5.53. The molecular weight excluding hydrogens is 340 g/mol. The number of rotatable bonds is 1. The number of aromatic nitrogens is 3. The highest BCUT2D eigenvalue weighted by atomic mass is 35.5. The number of aliphatic imine (C=N–C) groups is 1. The molecule has 0 fully saturated rings. The van der Waals surface area contributed by atoms with Crippen LogP contribution in [0.5, 0.6) is 0 Å². The molecule has 0 bridgehead atoms. The van der Waals surface area contributed by atoms with Gasteiger partial charge in [-0.25, -0.2) is 0 Å². The minimum absolute atomic E-state index is 0.0591. The Balaban J connectivity index is 2.04. The van der Waals surface area contributed by atoms with E-state index in [0.29, 0.717) is 0 Å². The summed E-state index contributed by atoms with van der Waals surface area (Å²) in [4.78, 5) is 6.29. The molecule has 1 aliphatic rings. The molecular formula is C18H17ClN4S. The number of hydrogen-bond donors (Lipinski definition) is 0. The predicted molar refractivity (Wildman–Crippen MR) is 99.0 cm³/mol. The van der Waals surface area contributed by atoms with E-state index in [1.165, 1.54) is 16.0 Å². The van der Waals surface area contributed by atoms with E-state index in [0.717, 1.165) is 32.9 Å². The first-order valence-corrected chi connectivity index (χ1v) is 9.03. The third kappa shape index (κ3) is 2.23. The number of nitrogens with zero attached hydrogens (tertiary/aromatic N) is 4. The minimum atomic E-state index is -0.0591. The summed E-state index contributed by atoms with van der Waals surface area (Å²) in [6, 6.07) is 7.83. The van der Waals surface area contributed by atoms with E-state index in [-0.39, 0.29) is 6.04 Å². The lowest BCUT2D eigenvalue weighted by molar-refractivity contribution is 0.724. The maximum Gasteiger partial charge on any atom is 0.162 e. The Hall–Kier alpha value is -1.98. The van der Waals surface area contributed by atoms with Gasteiger partial charge >= 0.3 is 0 Å². The lowest BCUT2D eigenvalue weighted by Gasteiger charge is -2.09. The minimum Gasteiger partial charge on any atom is -0.273 e. The number of fused-ring (bicyclic) bond motifs is 3. The normalized spacial score (nSPS) is 16.4. The number of halogens is 1. The average molecular weight is 357 g/mol. The molecule has 1 aromatic carbocycles. The van der Waals surface area contributed by atoms with Crippen LogP contribution >= 0.6 is 22.9 Å². The Morgan fingerprint density at radius 3 is 2.50 bits per heavy atom. The van der Waals surface area contributed by atoms with Gasteiger partial charge in [0.2, 0.25) is 0 Å². The maximum atomic E-state index is 6.06. The third-order valence-corrected chi connectivity index (χ3v) is 5.91. The highest BCUT2D eigenvalue weighted by Gasteiger charge is 2.29. The lowest BCUT2D eigenvalue weighted by atomic mass is 10.00. The number of hydrogen-bond acceptors (Lipinski definition) is 4. The SMILES string of the molecule is Cc1sc2c(c1C)C(c1ccc(Cl)cc1)=N[C@@H](C)c1nnc(C)n1-2. The molecule has 0 amide bonds. The largest absolute Gasteiger partial charge is 0.273 e. The van der Waals surface area contributed by atoms with Crippen molar-refractivity contribution >= 4 is 28.6 Å². The van der Waals surface area contributed by atoms with Gasteiger partial charge in [-0.05, 0) is 45.4 Å². The fraction of sp³-hybridized carbons (Fsp3) is 0.278. The van der Waals surface area contributed by atoms with Crippen LogP contribution in [0.1, 0.15) is 46.2 Å². The summed E-state index contributed by atoms with van der Waals surface area (Å²) in [5, 5.41) is 10.5. The van der Waals surface area contributed by atoms with Crippen LogP contribution in [0.25, 0.3) is 5.00 Å². The van der Waals surface area contributed by atoms with Crippen molar-refractivity contribution in [3.63, 3.8) is 0 Å². The van der Waals surface area contributed by atoms with Gasteiger partial charge in [0.25, 0.3) is 0 Å². The topological polar surface area (TPSA) is 43.1 Å². The molecule has 3 heterocycles. The van der Waals surface area contributed by atoms with Crippen molar-refractivity contribution in [3.8, 4) is 5.00 Å². The van der Waals surface area contributed by atoms with Crippen LogP contribution in [0.3, 0.4) is 0 Å². The molecule has 0 saturated carbocycles. The van der Waals surface area contributed by atoms with Gasteiger partial charge in [-0.3, -0.25) is 9.56 Å². The molecule has 0 unspecified atom stereocenters. The summed E-state index contributed by atoms with van der Waals surface area (Å²) in [6.07, 6.45) is 0. The zero-order chi connectivity index (χ0) is 17.0. The van der Waals surface area contributed by atoms with Crippen LogP contribution in [-0.2, 0) is 0 Å². The van der Waals surface area contributed by atoms with Crippen LogP contribution in [0, 0.1) is 20.8 Å². The first kappa shape index (κ1) is 15.5. The van der Waals surface area contributed by atoms with Gasteiger partial charge in [-0.2, -0.15) is 0 Å². The van der Waals surface area contributed by atoms with E-state index in [9.17, 15) is 0 Å². The molecule has 1 aliphatic heterocycles. The van der Waals surface area contributed by atoms with Crippen LogP contribution in [-0.4, -0.2) is 20.5 Å². The van der Waals surface area contributed by atoms with Gasteiger partial charge in [0.1, 0.15) is 16.9 Å². The van der Waals surface area contributed by atoms with Gasteiger partial charge in [-0.1, -0.05) is 23.7 Å². The van der Waals surface area contributed by atoms with Crippen molar-refractivity contribution in [2.75, 3.05) is 0 Å². The lowest BCUT2D eigenvalue weighted by Crippen LogP contribution is -2.07. The van der Waals surface area contributed by atoms with Crippen LogP contribution in [0.2, 0.25) is 5.02 Å². The van der Waals surface area contributed by atoms with E-state index in [1.54, 1.807) is 11.3 Å². The van der Waals surface area contributed by atoms with Gasteiger partial charge in [0.15, 0.2) is 5.82 Å². The van der Waals surface area contributed by atoms with Crippen LogP contribution in [0.15, 0.2) is 29.3 Å². The Morgan fingerprint density at radius 2 is 1.79 bits per heavy atom. The molecule has 6 heteroatoms. The molecule has 0 aliphatic carbocycles. The first-order valence-electron chi connectivity index (χ1n) is 7.83. The molecule has 0 spiro atoms. The molecule has 0 saturated heterocycles. The molecule has 122 valence electrons. The van der Waals surface area contributed by atoms with Gasteiger partial charge in [-0.15, -0.1) is 21.5 Å². The number of thiophene rings is 1. The molecule has 2 aromatic heterocycles. The average Bonchev–Trinajstić information content (AvgIpc) is 3.03. The van der Waals surface area contributed by atoms with Gasteiger partial charge < -0.3 is 0 Å². The fourth-order valence-corrected chi connectivity index (χ4v) is 4.43. The summed E-state index contributed by atoms with van der Waals surface area (Å²) in [5.74, 6) is 1.78. The van der Waals surface area contributed by atoms with E-state index in [1.807, 2.05) is 31.2 Å². The molecule has 3 aromatic rings. The zero-order valence-corrected chi connectivity index (χ0v) is 15.5. The summed E-state index contributed by atoms with van der Waals surface area (Å²) >= 11 is 7.83. The second-order valence-corrected chi connectivity index (χ2v) is 7.70. The van der Waals surface area contributed by atoms with Crippen molar-refractivity contribution in [2.45, 2.75) is 33.7 Å². The Morgan fingerprint density at radius 1 is 1.08 bits per heavy atom. The van der Waals surface area contributed by atoms with Crippen molar-refractivity contribution < 1.29 is 0 Å². The van der Waals surface area contributed by atoms with Crippen molar-refractivity contribution in [2.24, 2.45) is 4.99 Å². The number of aryl methyl sites for hydroxylation is 2. The van der Waals surface area contributed by atoms with Crippen molar-refractivity contribution in [1.82, 2.24) is 14.8 Å². The van der Waals surface area contributed by atoms with E-state index >= 15 is 0 Å². The zero-order valence-electron chi connectivity index (χ0n) is 14.0. The monoisotopic (exact) mass is 356 g/mol. The summed E-state index contributed by atoms with van der Waals surface area (Å²) in [5.41, 5.74) is 4.51. The Kier molecular flexibility index (Phi) is 3.58. The van der Waals surface area contributed by atoms with E-state index in [4.69, 9.17) is 16.6 Å². The summed E-state index contributed by atoms with van der Waals surface area (Å²) in [6.45, 7) is 8.36. The molecule has 4 nitrogen and oxygen atoms in total. The molecule has 24 heavy (non-hydrogen) atoms. The fourth-order valence-electron chi connectivity index (χ4n) is 3.09. The second-order valence-electron chi connectivity index (χ2n) is 6.06. The van der Waals surface area contributed by atoms with Gasteiger partial charge in [0.05, 0.1) is 5.71 Å². The molecule has 4 rings (SSSR count). The third-order valence-electron chi connectivity index (χ3n) is 4.47. The number of benzene rings is 1. The smallest absolute Gasteiger partial charge is 0.162 e.